The molecule has 0 bridgehead atoms. The van der Waals surface area contributed by atoms with Crippen LogP contribution in [0.2, 0.25) is 0 Å². The van der Waals surface area contributed by atoms with E-state index in [0.29, 0.717) is 11.8 Å². The SMILES string of the molecule is CCCC(CCOCI)(C1=NC/C=C\CCCC[C@@H]1C)[C@H](C)CC. The lowest BCUT2D eigenvalue weighted by Gasteiger charge is -2.43. The Labute approximate surface area is 164 Å². The minimum Gasteiger partial charge on any atom is -0.371 e. The molecule has 3 heteroatoms. The van der Waals surface area contributed by atoms with E-state index >= 15 is 0 Å². The molecule has 0 aliphatic carbocycles. The molecule has 3 atom stereocenters. The zero-order valence-corrected chi connectivity index (χ0v) is 18.5. The van der Waals surface area contributed by atoms with E-state index in [1.165, 1.54) is 50.7 Å². The highest BCUT2D eigenvalue weighted by Gasteiger charge is 2.40. The number of nitrogens with zero attached hydrogens (tertiary/aromatic N) is 1. The molecule has 0 amide bonds. The molecule has 0 saturated carbocycles. The molecular formula is C21H38INO. The van der Waals surface area contributed by atoms with E-state index in [4.69, 9.17) is 9.73 Å². The van der Waals surface area contributed by atoms with Crippen LogP contribution in [-0.2, 0) is 4.74 Å². The van der Waals surface area contributed by atoms with E-state index < -0.39 is 0 Å². The lowest BCUT2D eigenvalue weighted by Crippen LogP contribution is -2.42. The fourth-order valence-corrected chi connectivity index (χ4v) is 4.58. The van der Waals surface area contributed by atoms with Crippen LogP contribution in [0.15, 0.2) is 17.1 Å². The zero-order chi connectivity index (χ0) is 17.8. The highest BCUT2D eigenvalue weighted by Crippen LogP contribution is 2.43. The van der Waals surface area contributed by atoms with Gasteiger partial charge in [-0.2, -0.15) is 0 Å². The number of alkyl halides is 1. The van der Waals surface area contributed by atoms with Gasteiger partial charge >= 0.3 is 0 Å². The molecule has 0 aromatic rings. The van der Waals surface area contributed by atoms with Gasteiger partial charge in [-0.15, -0.1) is 0 Å². The monoisotopic (exact) mass is 447 g/mol. The topological polar surface area (TPSA) is 21.6 Å². The maximum absolute atomic E-state index is 5.77. The Hall–Kier alpha value is 0.1000. The number of allylic oxidation sites excluding steroid dienone is 1. The summed E-state index contributed by atoms with van der Waals surface area (Å²) in [5.41, 5.74) is 1.70. The van der Waals surface area contributed by atoms with Gasteiger partial charge in [-0.1, -0.05) is 81.7 Å². The first-order chi connectivity index (χ1) is 11.6. The van der Waals surface area contributed by atoms with Crippen molar-refractivity contribution < 1.29 is 4.74 Å². The molecule has 1 aliphatic rings. The van der Waals surface area contributed by atoms with Gasteiger partial charge in [0.05, 0.1) is 11.2 Å². The van der Waals surface area contributed by atoms with Gasteiger partial charge in [-0.25, -0.2) is 0 Å². The fourth-order valence-electron chi connectivity index (χ4n) is 4.27. The molecule has 0 N–H and O–H groups in total. The van der Waals surface area contributed by atoms with E-state index in [-0.39, 0.29) is 5.41 Å². The molecule has 0 fully saturated rings. The second-order valence-corrected chi connectivity index (χ2v) is 7.99. The Bertz CT molecular complexity index is 393. The van der Waals surface area contributed by atoms with Crippen molar-refractivity contribution in [3.05, 3.63) is 12.2 Å². The van der Waals surface area contributed by atoms with Crippen molar-refractivity contribution in [2.24, 2.45) is 22.2 Å². The summed E-state index contributed by atoms with van der Waals surface area (Å²) in [7, 11) is 0. The Morgan fingerprint density at radius 2 is 2.08 bits per heavy atom. The van der Waals surface area contributed by atoms with E-state index in [2.05, 4.69) is 62.4 Å². The number of rotatable bonds is 9. The third-order valence-electron chi connectivity index (χ3n) is 5.79. The highest BCUT2D eigenvalue weighted by atomic mass is 127. The van der Waals surface area contributed by atoms with Crippen molar-refractivity contribution in [3.8, 4) is 0 Å². The molecule has 1 rings (SSSR count). The second kappa shape index (κ2) is 12.5. The number of hydrogen-bond acceptors (Lipinski definition) is 2. The molecule has 1 heterocycles. The Balaban J connectivity index is 3.19. The Morgan fingerprint density at radius 3 is 2.75 bits per heavy atom. The van der Waals surface area contributed by atoms with Gasteiger partial charge in [0.1, 0.15) is 0 Å². The van der Waals surface area contributed by atoms with Crippen LogP contribution >= 0.6 is 22.6 Å². The fraction of sp³-hybridized carbons (Fsp3) is 0.857. The predicted molar refractivity (Wildman–Crippen MR) is 115 cm³/mol. The molecule has 24 heavy (non-hydrogen) atoms. The van der Waals surface area contributed by atoms with Crippen molar-refractivity contribution >= 4 is 28.3 Å². The molecule has 1 aliphatic heterocycles. The van der Waals surface area contributed by atoms with Gasteiger partial charge in [-0.3, -0.25) is 4.99 Å². The summed E-state index contributed by atoms with van der Waals surface area (Å²) in [6.45, 7) is 11.2. The molecule has 0 spiro atoms. The van der Waals surface area contributed by atoms with Crippen LogP contribution in [0.5, 0.6) is 0 Å². The molecular weight excluding hydrogens is 409 g/mol. The number of aliphatic imine (C=N–C) groups is 1. The van der Waals surface area contributed by atoms with E-state index in [1.54, 1.807) is 0 Å². The smallest absolute Gasteiger partial charge is 0.0979 e. The van der Waals surface area contributed by atoms with Gasteiger partial charge in [0.15, 0.2) is 0 Å². The van der Waals surface area contributed by atoms with E-state index in [9.17, 15) is 0 Å². The molecule has 0 aromatic carbocycles. The van der Waals surface area contributed by atoms with Crippen LogP contribution in [0.4, 0.5) is 0 Å². The quantitative estimate of drug-likeness (QED) is 0.164. The lowest BCUT2D eigenvalue weighted by molar-refractivity contribution is 0.122. The minimum absolute atomic E-state index is 0.210. The highest BCUT2D eigenvalue weighted by molar-refractivity contribution is 14.1. The summed E-state index contributed by atoms with van der Waals surface area (Å²) in [5.74, 6) is 1.25. The average Bonchev–Trinajstić information content (AvgIpc) is 2.59. The average molecular weight is 447 g/mol. The van der Waals surface area contributed by atoms with Crippen molar-refractivity contribution in [1.29, 1.82) is 0 Å². The third-order valence-corrected chi connectivity index (χ3v) is 6.23. The standard InChI is InChI=1S/C21H38INO/c1-5-13-21(19(4)6-2,14-16-24-17-22)20-18(3)12-10-8-7-9-11-15-23-20/h9,11,18-19H,5-8,10,12-17H2,1-4H3/b11-9-,23-20?/t18-,19+,21?/m0/s1. The summed E-state index contributed by atoms with van der Waals surface area (Å²) in [4.78, 5) is 5.18. The van der Waals surface area contributed by atoms with Crippen LogP contribution < -0.4 is 0 Å². The molecule has 0 aromatic heterocycles. The largest absolute Gasteiger partial charge is 0.371 e. The first-order valence-corrected chi connectivity index (χ1v) is 11.5. The molecule has 0 saturated heterocycles. The molecule has 0 radical (unpaired) electrons. The summed E-state index contributed by atoms with van der Waals surface area (Å²) >= 11 is 2.30. The first-order valence-electron chi connectivity index (χ1n) is 9.95. The van der Waals surface area contributed by atoms with Crippen LogP contribution in [0, 0.1) is 17.3 Å². The van der Waals surface area contributed by atoms with Gasteiger partial charge < -0.3 is 4.74 Å². The summed E-state index contributed by atoms with van der Waals surface area (Å²) < 4.78 is 6.56. The Kier molecular flexibility index (Phi) is 11.5. The molecule has 140 valence electrons. The van der Waals surface area contributed by atoms with Crippen LogP contribution in [0.25, 0.3) is 0 Å². The molecule has 2 nitrogen and oxygen atoms in total. The lowest BCUT2D eigenvalue weighted by atomic mass is 9.63. The number of ether oxygens (including phenoxy) is 1. The number of hydrogen-bond donors (Lipinski definition) is 0. The minimum atomic E-state index is 0.210. The summed E-state index contributed by atoms with van der Waals surface area (Å²) in [5, 5.41) is 0. The summed E-state index contributed by atoms with van der Waals surface area (Å²) in [6.07, 6.45) is 14.5. The van der Waals surface area contributed by atoms with Gasteiger partial charge in [0.2, 0.25) is 0 Å². The van der Waals surface area contributed by atoms with Gasteiger partial charge in [0, 0.05) is 17.7 Å². The van der Waals surface area contributed by atoms with E-state index in [0.717, 1.165) is 24.2 Å². The van der Waals surface area contributed by atoms with Crippen molar-refractivity contribution in [2.45, 2.75) is 79.1 Å². The van der Waals surface area contributed by atoms with Gasteiger partial charge in [-0.05, 0) is 43.9 Å². The van der Waals surface area contributed by atoms with Crippen LogP contribution in [-0.4, -0.2) is 23.5 Å². The third kappa shape index (κ3) is 6.44. The van der Waals surface area contributed by atoms with Crippen molar-refractivity contribution in [3.63, 3.8) is 0 Å². The van der Waals surface area contributed by atoms with Crippen LogP contribution in [0.3, 0.4) is 0 Å². The van der Waals surface area contributed by atoms with Crippen LogP contribution in [0.1, 0.15) is 79.1 Å². The number of halogens is 1. The maximum Gasteiger partial charge on any atom is 0.0979 e. The van der Waals surface area contributed by atoms with Crippen molar-refractivity contribution in [1.82, 2.24) is 0 Å². The van der Waals surface area contributed by atoms with E-state index in [1.807, 2.05) is 0 Å². The first kappa shape index (κ1) is 22.1. The Morgan fingerprint density at radius 1 is 1.29 bits per heavy atom. The predicted octanol–water partition coefficient (Wildman–Crippen LogP) is 6.83. The zero-order valence-electron chi connectivity index (χ0n) is 16.3. The van der Waals surface area contributed by atoms with Crippen molar-refractivity contribution in [2.75, 3.05) is 17.8 Å². The maximum atomic E-state index is 5.77. The van der Waals surface area contributed by atoms with Gasteiger partial charge in [0.25, 0.3) is 0 Å². The summed E-state index contributed by atoms with van der Waals surface area (Å²) in [6, 6.07) is 0. The molecule has 1 unspecified atom stereocenters. The second-order valence-electron chi connectivity index (χ2n) is 7.37. The normalized spacial score (nSPS) is 24.7.